The molecule has 0 spiro atoms. The normalized spacial score (nSPS) is 11.3. The number of ether oxygens (including phenoxy) is 2. The number of methoxy groups -OCH3 is 2. The van der Waals surface area contributed by atoms with Crippen molar-refractivity contribution in [2.45, 2.75) is 12.7 Å². The third-order valence-electron chi connectivity index (χ3n) is 3.57. The number of aryl methyl sites for hydroxylation is 1. The molecule has 0 saturated heterocycles. The minimum Gasteiger partial charge on any atom is -0.497 e. The molecule has 1 amide bonds. The molecular formula is C17H22N2O6S. The summed E-state index contributed by atoms with van der Waals surface area (Å²) >= 11 is 0. The minimum absolute atomic E-state index is 0.259. The van der Waals surface area contributed by atoms with Crippen LogP contribution in [-0.2, 0) is 25.1 Å². The number of oxazole rings is 1. The second kappa shape index (κ2) is 8.81. The number of carbonyl (C=O) groups excluding carboxylic acids is 1. The molecule has 142 valence electrons. The van der Waals surface area contributed by atoms with Crippen LogP contribution in [0.2, 0.25) is 0 Å². The Morgan fingerprint density at radius 3 is 2.54 bits per heavy atom. The summed E-state index contributed by atoms with van der Waals surface area (Å²) in [6.45, 7) is 2.22. The Kier molecular flexibility index (Phi) is 6.76. The van der Waals surface area contributed by atoms with E-state index in [-0.39, 0.29) is 12.3 Å². The predicted octanol–water partition coefficient (Wildman–Crippen LogP) is 1.34. The number of benzene rings is 1. The highest BCUT2D eigenvalue weighted by Crippen LogP contribution is 2.24. The van der Waals surface area contributed by atoms with Crippen molar-refractivity contribution in [3.05, 3.63) is 35.7 Å². The van der Waals surface area contributed by atoms with Gasteiger partial charge < -0.3 is 19.2 Å². The van der Waals surface area contributed by atoms with Gasteiger partial charge in [-0.2, -0.15) is 0 Å². The molecule has 8 nitrogen and oxygen atoms in total. The zero-order valence-corrected chi connectivity index (χ0v) is 15.8. The van der Waals surface area contributed by atoms with E-state index in [0.29, 0.717) is 35.3 Å². The number of aromatic nitrogens is 1. The van der Waals surface area contributed by atoms with E-state index >= 15 is 0 Å². The molecule has 0 radical (unpaired) electrons. The fourth-order valence-electron chi connectivity index (χ4n) is 2.22. The van der Waals surface area contributed by atoms with Crippen LogP contribution < -0.4 is 10.1 Å². The number of hydrogen-bond donors (Lipinski definition) is 1. The van der Waals surface area contributed by atoms with E-state index in [2.05, 4.69) is 10.3 Å². The Balaban J connectivity index is 2.07. The van der Waals surface area contributed by atoms with E-state index in [1.165, 1.54) is 7.11 Å². The molecule has 1 N–H and O–H groups in total. The maximum absolute atomic E-state index is 12.2. The Bertz CT molecular complexity index is 843. The highest BCUT2D eigenvalue weighted by Gasteiger charge is 2.22. The number of amides is 1. The third-order valence-corrected chi connectivity index (χ3v) is 4.98. The number of sulfone groups is 1. The first-order valence-corrected chi connectivity index (χ1v) is 9.73. The Hall–Kier alpha value is -2.39. The van der Waals surface area contributed by atoms with Crippen LogP contribution in [0.3, 0.4) is 0 Å². The number of rotatable bonds is 9. The predicted molar refractivity (Wildman–Crippen MR) is 95.6 cm³/mol. The summed E-state index contributed by atoms with van der Waals surface area (Å²) in [6.07, 6.45) is 0. The lowest BCUT2D eigenvalue weighted by Crippen LogP contribution is -2.33. The maximum atomic E-state index is 12.2. The average molecular weight is 382 g/mol. The van der Waals surface area contributed by atoms with E-state index in [9.17, 15) is 13.2 Å². The average Bonchev–Trinajstić information content (AvgIpc) is 2.94. The summed E-state index contributed by atoms with van der Waals surface area (Å²) in [5.41, 5.74) is 0.996. The van der Waals surface area contributed by atoms with Gasteiger partial charge in [0.15, 0.2) is 9.84 Å². The second-order valence-corrected chi connectivity index (χ2v) is 7.69. The highest BCUT2D eigenvalue weighted by molar-refractivity contribution is 7.91. The monoisotopic (exact) mass is 382 g/mol. The van der Waals surface area contributed by atoms with Crippen LogP contribution in [0.1, 0.15) is 11.5 Å². The van der Waals surface area contributed by atoms with Gasteiger partial charge in [-0.25, -0.2) is 13.4 Å². The third kappa shape index (κ3) is 5.57. The fourth-order valence-corrected chi connectivity index (χ4v) is 3.51. The van der Waals surface area contributed by atoms with Crippen LogP contribution in [0.5, 0.6) is 5.75 Å². The molecule has 0 aliphatic heterocycles. The summed E-state index contributed by atoms with van der Waals surface area (Å²) < 4.78 is 39.9. The molecule has 0 saturated carbocycles. The van der Waals surface area contributed by atoms with Gasteiger partial charge in [-0.15, -0.1) is 0 Å². The number of nitrogens with zero attached hydrogens (tertiary/aromatic N) is 1. The van der Waals surface area contributed by atoms with Crippen molar-refractivity contribution in [3.63, 3.8) is 0 Å². The van der Waals surface area contributed by atoms with Crippen molar-refractivity contribution in [1.29, 1.82) is 0 Å². The molecule has 9 heteroatoms. The topological polar surface area (TPSA) is 108 Å². The van der Waals surface area contributed by atoms with Crippen LogP contribution in [-0.4, -0.2) is 52.4 Å². The first-order valence-electron chi connectivity index (χ1n) is 7.91. The van der Waals surface area contributed by atoms with E-state index < -0.39 is 21.5 Å². The summed E-state index contributed by atoms with van der Waals surface area (Å²) in [6, 6.07) is 7.06. The van der Waals surface area contributed by atoms with Crippen LogP contribution in [0.4, 0.5) is 0 Å². The van der Waals surface area contributed by atoms with Gasteiger partial charge in [0.25, 0.3) is 0 Å². The minimum atomic E-state index is -3.67. The van der Waals surface area contributed by atoms with E-state index in [1.807, 2.05) is 0 Å². The molecule has 1 heterocycles. The zero-order chi connectivity index (χ0) is 19.2. The summed E-state index contributed by atoms with van der Waals surface area (Å²) in [4.78, 5) is 16.0. The van der Waals surface area contributed by atoms with Crippen molar-refractivity contribution in [1.82, 2.24) is 10.3 Å². The van der Waals surface area contributed by atoms with Gasteiger partial charge in [0.1, 0.15) is 17.3 Å². The largest absolute Gasteiger partial charge is 0.497 e. The smallest absolute Gasteiger partial charge is 0.235 e. The molecular weight excluding hydrogens is 360 g/mol. The standard InChI is InChI=1S/C17H22N2O6S/c1-12-15(10-26(21,22)11-16(20)18-8-9-23-2)19-17(25-12)13-4-6-14(24-3)7-5-13/h4-7H,8-11H2,1-3H3,(H,18,20). The lowest BCUT2D eigenvalue weighted by molar-refractivity contribution is -0.118. The van der Waals surface area contributed by atoms with Gasteiger partial charge in [-0.3, -0.25) is 4.79 Å². The number of hydrogen-bond acceptors (Lipinski definition) is 7. The SMILES string of the molecule is COCCNC(=O)CS(=O)(=O)Cc1nc(-c2ccc(OC)cc2)oc1C. The van der Waals surface area contributed by atoms with Crippen molar-refractivity contribution in [2.75, 3.05) is 33.1 Å². The van der Waals surface area contributed by atoms with Crippen molar-refractivity contribution >= 4 is 15.7 Å². The summed E-state index contributed by atoms with van der Waals surface area (Å²) in [7, 11) is -0.604. The van der Waals surface area contributed by atoms with E-state index in [4.69, 9.17) is 13.9 Å². The van der Waals surface area contributed by atoms with Crippen molar-refractivity contribution < 1.29 is 27.1 Å². The maximum Gasteiger partial charge on any atom is 0.235 e. The molecule has 0 aliphatic rings. The molecule has 2 aromatic rings. The molecule has 0 bridgehead atoms. The molecule has 0 fully saturated rings. The van der Waals surface area contributed by atoms with Crippen molar-refractivity contribution in [2.24, 2.45) is 0 Å². The van der Waals surface area contributed by atoms with Gasteiger partial charge >= 0.3 is 0 Å². The molecule has 1 aromatic heterocycles. The van der Waals surface area contributed by atoms with Gasteiger partial charge in [0.2, 0.25) is 11.8 Å². The van der Waals surface area contributed by atoms with Gasteiger partial charge in [0.05, 0.1) is 25.2 Å². The molecule has 0 unspecified atom stereocenters. The molecule has 2 rings (SSSR count). The van der Waals surface area contributed by atoms with Crippen LogP contribution in [0.15, 0.2) is 28.7 Å². The van der Waals surface area contributed by atoms with E-state index in [0.717, 1.165) is 0 Å². The van der Waals surface area contributed by atoms with Gasteiger partial charge in [-0.1, -0.05) is 0 Å². The molecule has 26 heavy (non-hydrogen) atoms. The number of carbonyl (C=O) groups is 1. The molecule has 1 aromatic carbocycles. The first-order chi connectivity index (χ1) is 12.3. The summed E-state index contributed by atoms with van der Waals surface area (Å²) in [5, 5.41) is 2.48. The van der Waals surface area contributed by atoms with Crippen LogP contribution in [0, 0.1) is 6.92 Å². The van der Waals surface area contributed by atoms with Crippen LogP contribution in [0.25, 0.3) is 11.5 Å². The lowest BCUT2D eigenvalue weighted by Gasteiger charge is -2.05. The Labute approximate surface area is 152 Å². The van der Waals surface area contributed by atoms with E-state index in [1.54, 1.807) is 38.3 Å². The quantitative estimate of drug-likeness (QED) is 0.652. The molecule has 0 atom stereocenters. The number of nitrogens with one attached hydrogen (secondary N) is 1. The molecule has 0 aliphatic carbocycles. The second-order valence-electron chi connectivity index (χ2n) is 5.63. The van der Waals surface area contributed by atoms with Crippen molar-refractivity contribution in [3.8, 4) is 17.2 Å². The zero-order valence-electron chi connectivity index (χ0n) is 14.9. The van der Waals surface area contributed by atoms with Crippen LogP contribution >= 0.6 is 0 Å². The first kappa shape index (κ1) is 19.9. The van der Waals surface area contributed by atoms with Gasteiger partial charge in [-0.05, 0) is 31.2 Å². The Morgan fingerprint density at radius 1 is 1.23 bits per heavy atom. The Morgan fingerprint density at radius 2 is 1.92 bits per heavy atom. The fraction of sp³-hybridized carbons (Fsp3) is 0.412. The summed E-state index contributed by atoms with van der Waals surface area (Å²) in [5.74, 6) is -0.131. The lowest BCUT2D eigenvalue weighted by atomic mass is 10.2. The van der Waals surface area contributed by atoms with Gasteiger partial charge in [0, 0.05) is 19.2 Å². The highest BCUT2D eigenvalue weighted by atomic mass is 32.2.